The van der Waals surface area contributed by atoms with E-state index in [1.54, 1.807) is 7.11 Å². The van der Waals surface area contributed by atoms with Gasteiger partial charge in [-0.2, -0.15) is 0 Å². The molecule has 0 aromatic heterocycles. The fourth-order valence-corrected chi connectivity index (χ4v) is 3.94. The van der Waals surface area contributed by atoms with E-state index in [1.165, 1.54) is 25.9 Å². The van der Waals surface area contributed by atoms with Crippen LogP contribution in [-0.2, 0) is 0 Å². The highest BCUT2D eigenvalue weighted by atomic mass is 16.5. The summed E-state index contributed by atoms with van der Waals surface area (Å²) in [4.78, 5) is 15.1. The Hall–Kier alpha value is -2.07. The maximum atomic E-state index is 12.7. The SMILES string of the molecule is COc1cccc2ccc(C(=O)NC3CN4CCC3CC4)cc12. The van der Waals surface area contributed by atoms with Crippen molar-refractivity contribution < 1.29 is 9.53 Å². The molecule has 1 unspecified atom stereocenters. The van der Waals surface area contributed by atoms with Crippen LogP contribution in [0.1, 0.15) is 23.2 Å². The lowest BCUT2D eigenvalue weighted by molar-refractivity contribution is 0.0620. The first kappa shape index (κ1) is 14.5. The molecule has 1 atom stereocenters. The Labute approximate surface area is 136 Å². The molecule has 0 saturated carbocycles. The summed E-state index contributed by atoms with van der Waals surface area (Å²) in [5.41, 5.74) is 0.707. The molecule has 3 aliphatic rings. The second-order valence-electron chi connectivity index (χ2n) is 6.61. The number of nitrogens with one attached hydrogen (secondary N) is 1. The van der Waals surface area contributed by atoms with Crippen molar-refractivity contribution in [2.75, 3.05) is 26.7 Å². The van der Waals surface area contributed by atoms with Gasteiger partial charge >= 0.3 is 0 Å². The zero-order valence-corrected chi connectivity index (χ0v) is 13.4. The molecule has 4 heteroatoms. The van der Waals surface area contributed by atoms with Crippen LogP contribution in [0.3, 0.4) is 0 Å². The lowest BCUT2D eigenvalue weighted by Crippen LogP contribution is -2.57. The van der Waals surface area contributed by atoms with Crippen molar-refractivity contribution in [1.29, 1.82) is 0 Å². The number of hydrogen-bond donors (Lipinski definition) is 1. The maximum Gasteiger partial charge on any atom is 0.251 e. The van der Waals surface area contributed by atoms with Crippen molar-refractivity contribution in [3.8, 4) is 5.75 Å². The van der Waals surface area contributed by atoms with E-state index in [-0.39, 0.29) is 5.91 Å². The average Bonchev–Trinajstić information content (AvgIpc) is 2.61. The Kier molecular flexibility index (Phi) is 3.69. The Morgan fingerprint density at radius 2 is 2.04 bits per heavy atom. The fraction of sp³-hybridized carbons (Fsp3) is 0.421. The van der Waals surface area contributed by atoms with Gasteiger partial charge in [-0.05, 0) is 55.4 Å². The molecule has 4 nitrogen and oxygen atoms in total. The van der Waals surface area contributed by atoms with Crippen molar-refractivity contribution in [3.05, 3.63) is 42.0 Å². The third-order valence-electron chi connectivity index (χ3n) is 5.30. The third-order valence-corrected chi connectivity index (χ3v) is 5.30. The molecule has 3 heterocycles. The monoisotopic (exact) mass is 310 g/mol. The van der Waals surface area contributed by atoms with Crippen molar-refractivity contribution in [2.24, 2.45) is 5.92 Å². The summed E-state index contributed by atoms with van der Waals surface area (Å²) in [5, 5.41) is 5.32. The number of benzene rings is 2. The molecular formula is C19H22N2O2. The number of piperidine rings is 3. The normalized spacial score (nSPS) is 26.2. The van der Waals surface area contributed by atoms with E-state index in [9.17, 15) is 4.79 Å². The van der Waals surface area contributed by atoms with Crippen molar-refractivity contribution >= 4 is 16.7 Å². The molecule has 3 fully saturated rings. The number of carbonyl (C=O) groups is 1. The van der Waals surface area contributed by atoms with E-state index in [4.69, 9.17) is 4.74 Å². The molecule has 0 radical (unpaired) electrons. The van der Waals surface area contributed by atoms with E-state index in [0.29, 0.717) is 17.5 Å². The van der Waals surface area contributed by atoms with Crippen molar-refractivity contribution in [2.45, 2.75) is 18.9 Å². The number of fused-ring (bicyclic) bond motifs is 4. The van der Waals surface area contributed by atoms with Crippen LogP contribution in [0, 0.1) is 5.92 Å². The summed E-state index contributed by atoms with van der Waals surface area (Å²) < 4.78 is 5.41. The quantitative estimate of drug-likeness (QED) is 0.947. The standard InChI is InChI=1S/C19H22N2O2/c1-23-18-4-2-3-13-5-6-15(11-16(13)18)19(22)20-17-12-21-9-7-14(17)8-10-21/h2-6,11,14,17H,7-10,12H2,1H3,(H,20,22). The first-order valence-electron chi connectivity index (χ1n) is 8.34. The first-order valence-corrected chi connectivity index (χ1v) is 8.34. The molecule has 1 amide bonds. The number of amides is 1. The van der Waals surface area contributed by atoms with Crippen LogP contribution in [0.2, 0.25) is 0 Å². The Balaban J connectivity index is 1.57. The van der Waals surface area contributed by atoms with Gasteiger partial charge in [-0.1, -0.05) is 18.2 Å². The lowest BCUT2D eigenvalue weighted by atomic mass is 9.84. The Morgan fingerprint density at radius 1 is 1.22 bits per heavy atom. The summed E-state index contributed by atoms with van der Waals surface area (Å²) in [7, 11) is 1.66. The number of nitrogens with zero attached hydrogens (tertiary/aromatic N) is 1. The highest BCUT2D eigenvalue weighted by Crippen LogP contribution is 2.29. The van der Waals surface area contributed by atoms with Gasteiger partial charge in [0.2, 0.25) is 0 Å². The highest BCUT2D eigenvalue weighted by Gasteiger charge is 2.34. The Morgan fingerprint density at radius 3 is 2.74 bits per heavy atom. The van der Waals surface area contributed by atoms with Gasteiger partial charge in [0.15, 0.2) is 0 Å². The molecular weight excluding hydrogens is 288 g/mol. The van der Waals surface area contributed by atoms with E-state index in [1.807, 2.05) is 36.4 Å². The largest absolute Gasteiger partial charge is 0.496 e. The van der Waals surface area contributed by atoms with E-state index < -0.39 is 0 Å². The van der Waals surface area contributed by atoms with Crippen LogP contribution in [-0.4, -0.2) is 43.6 Å². The molecule has 2 bridgehead atoms. The number of rotatable bonds is 3. The van der Waals surface area contributed by atoms with Crippen LogP contribution in [0.15, 0.2) is 36.4 Å². The zero-order valence-electron chi connectivity index (χ0n) is 13.4. The second-order valence-corrected chi connectivity index (χ2v) is 6.61. The second kappa shape index (κ2) is 5.85. The van der Waals surface area contributed by atoms with Crippen LogP contribution >= 0.6 is 0 Å². The van der Waals surface area contributed by atoms with Crippen molar-refractivity contribution in [3.63, 3.8) is 0 Å². The molecule has 1 N–H and O–H groups in total. The predicted octanol–water partition coefficient (Wildman–Crippen LogP) is 2.67. The molecule has 2 aromatic carbocycles. The van der Waals surface area contributed by atoms with E-state index in [2.05, 4.69) is 10.2 Å². The molecule has 120 valence electrons. The summed E-state index contributed by atoms with van der Waals surface area (Å²) in [6.45, 7) is 3.36. The molecule has 5 rings (SSSR count). The minimum Gasteiger partial charge on any atom is -0.496 e. The van der Waals surface area contributed by atoms with Gasteiger partial charge in [0, 0.05) is 23.5 Å². The number of hydrogen-bond acceptors (Lipinski definition) is 3. The van der Waals surface area contributed by atoms with Gasteiger partial charge in [-0.3, -0.25) is 4.79 Å². The van der Waals surface area contributed by atoms with Gasteiger partial charge < -0.3 is 15.0 Å². The Bertz CT molecular complexity index is 735. The first-order chi connectivity index (χ1) is 11.2. The van der Waals surface area contributed by atoms with Gasteiger partial charge in [-0.25, -0.2) is 0 Å². The zero-order chi connectivity index (χ0) is 15.8. The molecule has 0 spiro atoms. The fourth-order valence-electron chi connectivity index (χ4n) is 3.94. The topological polar surface area (TPSA) is 41.6 Å². The predicted molar refractivity (Wildman–Crippen MR) is 90.9 cm³/mol. The van der Waals surface area contributed by atoms with Crippen LogP contribution in [0.5, 0.6) is 5.75 Å². The third kappa shape index (κ3) is 2.68. The van der Waals surface area contributed by atoms with E-state index >= 15 is 0 Å². The minimum atomic E-state index is 0.0246. The van der Waals surface area contributed by atoms with Crippen molar-refractivity contribution in [1.82, 2.24) is 10.2 Å². The molecule has 3 saturated heterocycles. The average molecular weight is 310 g/mol. The number of ether oxygens (including phenoxy) is 1. The van der Waals surface area contributed by atoms with Gasteiger partial charge in [0.1, 0.15) is 5.75 Å². The summed E-state index contributed by atoms with van der Waals surface area (Å²) in [6, 6.07) is 12.0. The summed E-state index contributed by atoms with van der Waals surface area (Å²) >= 11 is 0. The van der Waals surface area contributed by atoms with E-state index in [0.717, 1.165) is 23.1 Å². The van der Waals surface area contributed by atoms with Crippen LogP contribution in [0.25, 0.3) is 10.8 Å². The van der Waals surface area contributed by atoms with Crippen LogP contribution in [0.4, 0.5) is 0 Å². The van der Waals surface area contributed by atoms with Crippen LogP contribution < -0.4 is 10.1 Å². The lowest BCUT2D eigenvalue weighted by Gasteiger charge is -2.44. The highest BCUT2D eigenvalue weighted by molar-refractivity contribution is 6.00. The maximum absolute atomic E-state index is 12.7. The summed E-state index contributed by atoms with van der Waals surface area (Å²) in [5.74, 6) is 1.47. The smallest absolute Gasteiger partial charge is 0.251 e. The molecule has 2 aromatic rings. The summed E-state index contributed by atoms with van der Waals surface area (Å²) in [6.07, 6.45) is 2.41. The number of methoxy groups -OCH3 is 1. The molecule has 0 aliphatic carbocycles. The molecule has 3 aliphatic heterocycles. The van der Waals surface area contributed by atoms with Gasteiger partial charge in [-0.15, -0.1) is 0 Å². The minimum absolute atomic E-state index is 0.0246. The van der Waals surface area contributed by atoms with Gasteiger partial charge in [0.05, 0.1) is 7.11 Å². The molecule has 23 heavy (non-hydrogen) atoms. The van der Waals surface area contributed by atoms with Gasteiger partial charge in [0.25, 0.3) is 5.91 Å². The number of carbonyl (C=O) groups excluding carboxylic acids is 1.